The van der Waals surface area contributed by atoms with Crippen LogP contribution in [-0.2, 0) is 18.3 Å². The molecule has 2 aromatic heterocycles. The lowest BCUT2D eigenvalue weighted by atomic mass is 9.95. The number of fused-ring (bicyclic) bond motifs is 1. The minimum Gasteiger partial charge on any atom is -0.343 e. The van der Waals surface area contributed by atoms with E-state index in [9.17, 15) is 4.79 Å². The summed E-state index contributed by atoms with van der Waals surface area (Å²) in [6.07, 6.45) is 8.10. The van der Waals surface area contributed by atoms with Crippen LogP contribution in [0.25, 0.3) is 11.0 Å². The van der Waals surface area contributed by atoms with Crippen LogP contribution in [0.15, 0.2) is 36.7 Å². The first-order valence-corrected chi connectivity index (χ1v) is 9.39. The van der Waals surface area contributed by atoms with Crippen LogP contribution < -0.4 is 0 Å². The van der Waals surface area contributed by atoms with Crippen LogP contribution in [0.5, 0.6) is 0 Å². The Morgan fingerprint density at radius 1 is 1.27 bits per heavy atom. The zero-order chi connectivity index (χ0) is 17.9. The predicted molar refractivity (Wildman–Crippen MR) is 101 cm³/mol. The molecule has 26 heavy (non-hydrogen) atoms. The monoisotopic (exact) mass is 351 g/mol. The highest BCUT2D eigenvalue weighted by Crippen LogP contribution is 2.29. The lowest BCUT2D eigenvalue weighted by Crippen LogP contribution is -2.38. The minimum atomic E-state index is 0.275. The fourth-order valence-electron chi connectivity index (χ4n) is 3.93. The Morgan fingerprint density at radius 3 is 2.81 bits per heavy atom. The Bertz CT molecular complexity index is 875. The van der Waals surface area contributed by atoms with Crippen LogP contribution in [0.3, 0.4) is 0 Å². The summed E-state index contributed by atoms with van der Waals surface area (Å²) in [4.78, 5) is 19.3. The second kappa shape index (κ2) is 7.32. The van der Waals surface area contributed by atoms with Crippen molar-refractivity contribution in [3.63, 3.8) is 0 Å². The van der Waals surface area contributed by atoms with Crippen LogP contribution >= 0.6 is 0 Å². The molecular weight excluding hydrogens is 326 g/mol. The van der Waals surface area contributed by atoms with Gasteiger partial charge in [-0.15, -0.1) is 0 Å². The molecule has 3 heterocycles. The molecule has 3 aromatic rings. The summed E-state index contributed by atoms with van der Waals surface area (Å²) in [5.41, 5.74) is 3.40. The van der Waals surface area contributed by atoms with E-state index in [1.54, 1.807) is 0 Å². The Balaban J connectivity index is 1.31. The maximum Gasteiger partial charge on any atom is 0.222 e. The van der Waals surface area contributed by atoms with Crippen molar-refractivity contribution < 1.29 is 4.79 Å². The molecule has 136 valence electrons. The SMILES string of the molecule is Cn1c(C2CCN(C(=O)CCCc3cn[nH]c3)CC2)nc2ccccc21. The van der Waals surface area contributed by atoms with Crippen molar-refractivity contribution in [2.75, 3.05) is 13.1 Å². The van der Waals surface area contributed by atoms with Gasteiger partial charge in [-0.1, -0.05) is 12.1 Å². The number of hydrogen-bond acceptors (Lipinski definition) is 3. The van der Waals surface area contributed by atoms with Crippen molar-refractivity contribution in [3.05, 3.63) is 48.0 Å². The third kappa shape index (κ3) is 3.36. The van der Waals surface area contributed by atoms with Crippen molar-refractivity contribution in [2.24, 2.45) is 7.05 Å². The van der Waals surface area contributed by atoms with Gasteiger partial charge in [0.25, 0.3) is 0 Å². The van der Waals surface area contributed by atoms with E-state index in [0.29, 0.717) is 12.3 Å². The average molecular weight is 351 g/mol. The van der Waals surface area contributed by atoms with E-state index in [1.807, 2.05) is 23.4 Å². The lowest BCUT2D eigenvalue weighted by Gasteiger charge is -2.31. The number of H-pyrrole nitrogens is 1. The van der Waals surface area contributed by atoms with E-state index in [2.05, 4.69) is 40.0 Å². The minimum absolute atomic E-state index is 0.275. The summed E-state index contributed by atoms with van der Waals surface area (Å²) in [5, 5.41) is 6.75. The number of para-hydroxylation sites is 2. The fourth-order valence-corrected chi connectivity index (χ4v) is 3.93. The van der Waals surface area contributed by atoms with Crippen molar-refractivity contribution in [3.8, 4) is 0 Å². The number of nitrogens with zero attached hydrogens (tertiary/aromatic N) is 4. The van der Waals surface area contributed by atoms with Crippen LogP contribution in [0.1, 0.15) is 43.0 Å². The number of piperidine rings is 1. The van der Waals surface area contributed by atoms with E-state index in [-0.39, 0.29) is 5.91 Å². The van der Waals surface area contributed by atoms with Gasteiger partial charge < -0.3 is 9.47 Å². The number of nitrogens with one attached hydrogen (secondary N) is 1. The topological polar surface area (TPSA) is 66.8 Å². The van der Waals surface area contributed by atoms with E-state index in [0.717, 1.165) is 50.1 Å². The van der Waals surface area contributed by atoms with Gasteiger partial charge in [0.15, 0.2) is 0 Å². The maximum absolute atomic E-state index is 12.5. The Labute approximate surface area is 153 Å². The third-order valence-corrected chi connectivity index (χ3v) is 5.45. The average Bonchev–Trinajstić information content (AvgIpc) is 3.30. The zero-order valence-electron chi connectivity index (χ0n) is 15.2. The standard InChI is InChI=1S/C20H25N5O/c1-24-18-7-3-2-6-17(18)23-20(24)16-9-11-25(12-10-16)19(26)8-4-5-15-13-21-22-14-15/h2-3,6-7,13-14,16H,4-5,8-12H2,1H3,(H,21,22). The number of carbonyl (C=O) groups excluding carboxylic acids is 1. The Hall–Kier alpha value is -2.63. The molecule has 0 spiro atoms. The normalized spacial score (nSPS) is 15.7. The molecule has 1 amide bonds. The number of imidazole rings is 1. The molecule has 4 rings (SSSR count). The van der Waals surface area contributed by atoms with Gasteiger partial charge in [0.2, 0.25) is 5.91 Å². The van der Waals surface area contributed by atoms with E-state index in [1.165, 1.54) is 11.1 Å². The van der Waals surface area contributed by atoms with E-state index < -0.39 is 0 Å². The number of carbonyl (C=O) groups is 1. The molecule has 1 saturated heterocycles. The molecule has 1 N–H and O–H groups in total. The summed E-state index contributed by atoms with van der Waals surface area (Å²) < 4.78 is 2.21. The largest absolute Gasteiger partial charge is 0.343 e. The van der Waals surface area contributed by atoms with Crippen LogP contribution in [0, 0.1) is 0 Å². The fraction of sp³-hybridized carbons (Fsp3) is 0.450. The molecular formula is C20H25N5O. The molecule has 0 bridgehead atoms. The number of rotatable bonds is 5. The van der Waals surface area contributed by atoms with Gasteiger partial charge in [0, 0.05) is 38.7 Å². The number of amides is 1. The number of aromatic amines is 1. The third-order valence-electron chi connectivity index (χ3n) is 5.45. The summed E-state index contributed by atoms with van der Waals surface area (Å²) in [6, 6.07) is 8.27. The highest BCUT2D eigenvalue weighted by molar-refractivity contribution is 5.77. The van der Waals surface area contributed by atoms with Crippen LogP contribution in [0.4, 0.5) is 0 Å². The molecule has 1 aliphatic rings. The second-order valence-electron chi connectivity index (χ2n) is 7.13. The van der Waals surface area contributed by atoms with Gasteiger partial charge in [-0.3, -0.25) is 9.89 Å². The summed E-state index contributed by atoms with van der Waals surface area (Å²) in [7, 11) is 2.10. The highest BCUT2D eigenvalue weighted by Gasteiger charge is 2.26. The first-order valence-electron chi connectivity index (χ1n) is 9.39. The first-order chi connectivity index (χ1) is 12.7. The van der Waals surface area contributed by atoms with Gasteiger partial charge in [-0.25, -0.2) is 4.98 Å². The molecule has 0 aliphatic carbocycles. The Kier molecular flexibility index (Phi) is 4.73. The molecule has 0 radical (unpaired) electrons. The number of aryl methyl sites for hydroxylation is 2. The van der Waals surface area contributed by atoms with E-state index in [4.69, 9.17) is 4.98 Å². The maximum atomic E-state index is 12.5. The second-order valence-corrected chi connectivity index (χ2v) is 7.13. The summed E-state index contributed by atoms with van der Waals surface area (Å²) >= 11 is 0. The van der Waals surface area contributed by atoms with Crippen LogP contribution in [0.2, 0.25) is 0 Å². The molecule has 0 saturated carbocycles. The first kappa shape index (κ1) is 16.8. The van der Waals surface area contributed by atoms with Crippen LogP contribution in [-0.4, -0.2) is 43.6 Å². The molecule has 6 heteroatoms. The van der Waals surface area contributed by atoms with Gasteiger partial charge >= 0.3 is 0 Å². The predicted octanol–water partition coefficient (Wildman–Crippen LogP) is 3.03. The van der Waals surface area contributed by atoms with Crippen molar-refractivity contribution in [1.29, 1.82) is 0 Å². The van der Waals surface area contributed by atoms with Gasteiger partial charge in [0.05, 0.1) is 17.2 Å². The molecule has 0 atom stereocenters. The van der Waals surface area contributed by atoms with E-state index >= 15 is 0 Å². The molecule has 1 aromatic carbocycles. The number of benzene rings is 1. The number of hydrogen-bond donors (Lipinski definition) is 1. The van der Waals surface area contributed by atoms with Crippen molar-refractivity contribution >= 4 is 16.9 Å². The molecule has 0 unspecified atom stereocenters. The number of aromatic nitrogens is 4. The van der Waals surface area contributed by atoms with Crippen molar-refractivity contribution in [2.45, 2.75) is 38.0 Å². The van der Waals surface area contributed by atoms with Crippen molar-refractivity contribution in [1.82, 2.24) is 24.6 Å². The van der Waals surface area contributed by atoms with Gasteiger partial charge in [-0.2, -0.15) is 5.10 Å². The zero-order valence-corrected chi connectivity index (χ0v) is 15.2. The quantitative estimate of drug-likeness (QED) is 0.768. The van der Waals surface area contributed by atoms with Gasteiger partial charge in [-0.05, 0) is 43.4 Å². The molecule has 1 fully saturated rings. The molecule has 1 aliphatic heterocycles. The lowest BCUT2D eigenvalue weighted by molar-refractivity contribution is -0.132. The number of likely N-dealkylation sites (tertiary alicyclic amines) is 1. The summed E-state index contributed by atoms with van der Waals surface area (Å²) in [5.74, 6) is 1.86. The summed E-state index contributed by atoms with van der Waals surface area (Å²) in [6.45, 7) is 1.66. The van der Waals surface area contributed by atoms with Gasteiger partial charge in [0.1, 0.15) is 5.82 Å². The Morgan fingerprint density at radius 2 is 2.08 bits per heavy atom. The molecule has 6 nitrogen and oxygen atoms in total. The highest BCUT2D eigenvalue weighted by atomic mass is 16.2. The smallest absolute Gasteiger partial charge is 0.222 e.